The van der Waals surface area contributed by atoms with Crippen LogP contribution in [-0.4, -0.2) is 12.6 Å². The van der Waals surface area contributed by atoms with Gasteiger partial charge in [0.15, 0.2) is 0 Å². The van der Waals surface area contributed by atoms with Crippen molar-refractivity contribution in [3.63, 3.8) is 0 Å². The second kappa shape index (κ2) is 9.41. The van der Waals surface area contributed by atoms with E-state index in [-0.39, 0.29) is 11.4 Å². The predicted octanol–water partition coefficient (Wildman–Crippen LogP) is 6.63. The standard InChI is InChI=1S/C23H29BrO3/c1-16(2)17-8-13-21(20(24)15-17)26-14-6-7-22(25)27-19-11-9-18(10-12-19)23(3,4)5/h8-13,15-16H,6-7,14H2,1-5H3. The fourth-order valence-electron chi connectivity index (χ4n) is 2.60. The van der Waals surface area contributed by atoms with Crippen LogP contribution in [0.1, 0.15) is 64.5 Å². The van der Waals surface area contributed by atoms with Crippen molar-refractivity contribution in [1.29, 1.82) is 0 Å². The van der Waals surface area contributed by atoms with Gasteiger partial charge in [0.1, 0.15) is 11.5 Å². The Morgan fingerprint density at radius 3 is 2.30 bits per heavy atom. The molecule has 0 saturated carbocycles. The molecule has 2 rings (SSSR count). The third-order valence-electron chi connectivity index (χ3n) is 4.36. The van der Waals surface area contributed by atoms with E-state index >= 15 is 0 Å². The smallest absolute Gasteiger partial charge is 0.311 e. The third kappa shape index (κ3) is 6.69. The molecule has 0 aliphatic carbocycles. The molecule has 0 bridgehead atoms. The molecule has 0 aliphatic heterocycles. The third-order valence-corrected chi connectivity index (χ3v) is 4.98. The molecule has 3 nitrogen and oxygen atoms in total. The van der Waals surface area contributed by atoms with E-state index in [1.165, 1.54) is 11.1 Å². The summed E-state index contributed by atoms with van der Waals surface area (Å²) in [6.07, 6.45) is 0.931. The summed E-state index contributed by atoms with van der Waals surface area (Å²) in [6, 6.07) is 13.8. The first-order chi connectivity index (χ1) is 12.7. The van der Waals surface area contributed by atoms with Gasteiger partial charge in [-0.3, -0.25) is 4.79 Å². The van der Waals surface area contributed by atoms with Gasteiger partial charge in [0.2, 0.25) is 0 Å². The maximum Gasteiger partial charge on any atom is 0.311 e. The van der Waals surface area contributed by atoms with Crippen molar-refractivity contribution in [2.24, 2.45) is 0 Å². The molecule has 0 atom stereocenters. The average Bonchev–Trinajstić information content (AvgIpc) is 2.59. The van der Waals surface area contributed by atoms with Crippen LogP contribution in [0.5, 0.6) is 11.5 Å². The van der Waals surface area contributed by atoms with Gasteiger partial charge < -0.3 is 9.47 Å². The van der Waals surface area contributed by atoms with Gasteiger partial charge in [-0.05, 0) is 69.1 Å². The molecule has 0 fully saturated rings. The van der Waals surface area contributed by atoms with Gasteiger partial charge in [-0.15, -0.1) is 0 Å². The van der Waals surface area contributed by atoms with Crippen LogP contribution in [0.2, 0.25) is 0 Å². The lowest BCUT2D eigenvalue weighted by atomic mass is 9.87. The molecule has 0 amide bonds. The van der Waals surface area contributed by atoms with E-state index in [9.17, 15) is 4.79 Å². The van der Waals surface area contributed by atoms with Gasteiger partial charge in [0, 0.05) is 6.42 Å². The molecule has 0 spiro atoms. The number of hydrogen-bond acceptors (Lipinski definition) is 3. The minimum atomic E-state index is -0.240. The quantitative estimate of drug-likeness (QED) is 0.279. The fourth-order valence-corrected chi connectivity index (χ4v) is 3.11. The Kier molecular flexibility index (Phi) is 7.49. The van der Waals surface area contributed by atoms with Crippen LogP contribution in [0, 0.1) is 0 Å². The number of halogens is 1. The van der Waals surface area contributed by atoms with Gasteiger partial charge in [0.25, 0.3) is 0 Å². The number of esters is 1. The van der Waals surface area contributed by atoms with Crippen molar-refractivity contribution in [3.05, 3.63) is 58.1 Å². The molecule has 4 heteroatoms. The van der Waals surface area contributed by atoms with E-state index in [1.54, 1.807) is 0 Å². The Morgan fingerprint density at radius 1 is 1.07 bits per heavy atom. The van der Waals surface area contributed by atoms with E-state index < -0.39 is 0 Å². The number of ether oxygens (including phenoxy) is 2. The SMILES string of the molecule is CC(C)c1ccc(OCCCC(=O)Oc2ccc(C(C)(C)C)cc2)c(Br)c1. The van der Waals surface area contributed by atoms with Crippen molar-refractivity contribution < 1.29 is 14.3 Å². The van der Waals surface area contributed by atoms with Crippen molar-refractivity contribution in [1.82, 2.24) is 0 Å². The molecule has 0 saturated heterocycles. The molecule has 0 aliphatic rings. The Hall–Kier alpha value is -1.81. The van der Waals surface area contributed by atoms with Crippen LogP contribution in [0.3, 0.4) is 0 Å². The second-order valence-electron chi connectivity index (χ2n) is 8.05. The molecule has 0 radical (unpaired) electrons. The molecule has 0 N–H and O–H groups in total. The van der Waals surface area contributed by atoms with Crippen LogP contribution < -0.4 is 9.47 Å². The van der Waals surface area contributed by atoms with E-state index in [0.29, 0.717) is 31.1 Å². The van der Waals surface area contributed by atoms with Crippen LogP contribution in [-0.2, 0) is 10.2 Å². The zero-order valence-corrected chi connectivity index (χ0v) is 18.4. The van der Waals surface area contributed by atoms with E-state index in [4.69, 9.17) is 9.47 Å². The average molecular weight is 433 g/mol. The molecule has 2 aromatic rings. The van der Waals surface area contributed by atoms with Crippen molar-refractivity contribution in [3.8, 4) is 11.5 Å². The summed E-state index contributed by atoms with van der Waals surface area (Å²) in [5.41, 5.74) is 2.56. The normalized spacial score (nSPS) is 11.5. The zero-order chi connectivity index (χ0) is 20.0. The monoisotopic (exact) mass is 432 g/mol. The van der Waals surface area contributed by atoms with Crippen molar-refractivity contribution >= 4 is 21.9 Å². The summed E-state index contributed by atoms with van der Waals surface area (Å²) >= 11 is 3.54. The maximum absolute atomic E-state index is 12.0. The molecule has 0 heterocycles. The first-order valence-corrected chi connectivity index (χ1v) is 10.2. The molecular formula is C23H29BrO3. The molecular weight excluding hydrogens is 404 g/mol. The lowest BCUT2D eigenvalue weighted by molar-refractivity contribution is -0.134. The van der Waals surface area contributed by atoms with E-state index in [0.717, 1.165) is 10.2 Å². The minimum Gasteiger partial charge on any atom is -0.492 e. The Morgan fingerprint density at radius 2 is 1.74 bits per heavy atom. The lowest BCUT2D eigenvalue weighted by Gasteiger charge is -2.19. The van der Waals surface area contributed by atoms with Crippen LogP contribution >= 0.6 is 15.9 Å². The van der Waals surface area contributed by atoms with Crippen LogP contribution in [0.4, 0.5) is 0 Å². The molecule has 27 heavy (non-hydrogen) atoms. The van der Waals surface area contributed by atoms with Gasteiger partial charge >= 0.3 is 5.97 Å². The number of rotatable bonds is 7. The fraction of sp³-hybridized carbons (Fsp3) is 0.435. The summed E-state index contributed by atoms with van der Waals surface area (Å²) in [5.74, 6) is 1.62. The highest BCUT2D eigenvalue weighted by Gasteiger charge is 2.14. The Balaban J connectivity index is 1.76. The van der Waals surface area contributed by atoms with Gasteiger partial charge in [-0.1, -0.05) is 52.8 Å². The minimum absolute atomic E-state index is 0.0848. The van der Waals surface area contributed by atoms with E-state index in [2.05, 4.69) is 62.7 Å². The predicted molar refractivity (Wildman–Crippen MR) is 114 cm³/mol. The topological polar surface area (TPSA) is 35.5 Å². The van der Waals surface area contributed by atoms with Crippen LogP contribution in [0.25, 0.3) is 0 Å². The highest BCUT2D eigenvalue weighted by atomic mass is 79.9. The van der Waals surface area contributed by atoms with Gasteiger partial charge in [-0.2, -0.15) is 0 Å². The molecule has 146 valence electrons. The van der Waals surface area contributed by atoms with Crippen LogP contribution in [0.15, 0.2) is 46.9 Å². The van der Waals surface area contributed by atoms with Gasteiger partial charge in [0.05, 0.1) is 11.1 Å². The van der Waals surface area contributed by atoms with Crippen molar-refractivity contribution in [2.75, 3.05) is 6.61 Å². The number of carbonyl (C=O) groups excluding carboxylic acids is 1. The highest BCUT2D eigenvalue weighted by Crippen LogP contribution is 2.29. The summed E-state index contributed by atoms with van der Waals surface area (Å²) in [7, 11) is 0. The highest BCUT2D eigenvalue weighted by molar-refractivity contribution is 9.10. The summed E-state index contributed by atoms with van der Waals surface area (Å²) < 4.78 is 12.1. The second-order valence-corrected chi connectivity index (χ2v) is 8.90. The summed E-state index contributed by atoms with van der Waals surface area (Å²) in [6.45, 7) is 11.3. The Bertz CT molecular complexity index is 758. The lowest BCUT2D eigenvalue weighted by Crippen LogP contribution is -2.12. The first-order valence-electron chi connectivity index (χ1n) is 9.40. The van der Waals surface area contributed by atoms with Gasteiger partial charge in [-0.25, -0.2) is 0 Å². The van der Waals surface area contributed by atoms with E-state index in [1.807, 2.05) is 30.3 Å². The molecule has 0 aromatic heterocycles. The number of hydrogen-bond donors (Lipinski definition) is 0. The number of carbonyl (C=O) groups is 1. The van der Waals surface area contributed by atoms with Crippen molar-refractivity contribution in [2.45, 2.75) is 58.8 Å². The summed E-state index contributed by atoms with van der Waals surface area (Å²) in [4.78, 5) is 12.0. The maximum atomic E-state index is 12.0. The molecule has 0 unspecified atom stereocenters. The zero-order valence-electron chi connectivity index (χ0n) is 16.8. The largest absolute Gasteiger partial charge is 0.492 e. The number of benzene rings is 2. The Labute approximate surface area is 171 Å². The molecule has 2 aromatic carbocycles. The first kappa shape index (κ1) is 21.5. The summed E-state index contributed by atoms with van der Waals surface area (Å²) in [5, 5.41) is 0.